The van der Waals surface area contributed by atoms with Crippen LogP contribution in [0.15, 0.2) is 66.9 Å². The van der Waals surface area contributed by atoms with Crippen molar-refractivity contribution in [2.45, 2.75) is 26.4 Å². The molecule has 0 fully saturated rings. The second kappa shape index (κ2) is 11.9. The number of carbonyl (C=O) groups is 2. The van der Waals surface area contributed by atoms with Gasteiger partial charge in [-0.2, -0.15) is 0 Å². The molecule has 3 rings (SSSR count). The number of amides is 2. The number of ether oxygens (including phenoxy) is 2. The van der Waals surface area contributed by atoms with E-state index in [2.05, 4.69) is 0 Å². The van der Waals surface area contributed by atoms with Gasteiger partial charge in [0.05, 0.1) is 20.8 Å². The van der Waals surface area contributed by atoms with Crippen molar-refractivity contribution in [3.8, 4) is 11.5 Å². The zero-order valence-corrected chi connectivity index (χ0v) is 20.4. The first kappa shape index (κ1) is 24.9. The van der Waals surface area contributed by atoms with Crippen LogP contribution in [-0.2, 0) is 24.9 Å². The van der Waals surface area contributed by atoms with Crippen molar-refractivity contribution >= 4 is 11.8 Å². The van der Waals surface area contributed by atoms with Gasteiger partial charge in [0.1, 0.15) is 18.0 Å². The molecule has 7 heteroatoms. The molecule has 0 spiro atoms. The van der Waals surface area contributed by atoms with E-state index in [-0.39, 0.29) is 18.4 Å². The number of methoxy groups -OCH3 is 2. The second-order valence-corrected chi connectivity index (χ2v) is 8.17. The summed E-state index contributed by atoms with van der Waals surface area (Å²) in [7, 11) is 5.05. The van der Waals surface area contributed by atoms with Crippen molar-refractivity contribution in [1.29, 1.82) is 0 Å². The van der Waals surface area contributed by atoms with Crippen LogP contribution >= 0.6 is 0 Å². The van der Waals surface area contributed by atoms with Gasteiger partial charge >= 0.3 is 0 Å². The van der Waals surface area contributed by atoms with Crippen molar-refractivity contribution < 1.29 is 19.1 Å². The molecule has 0 unspecified atom stereocenters. The van der Waals surface area contributed by atoms with Gasteiger partial charge < -0.3 is 23.8 Å². The summed E-state index contributed by atoms with van der Waals surface area (Å²) in [4.78, 5) is 30.3. The van der Waals surface area contributed by atoms with Gasteiger partial charge in [-0.1, -0.05) is 37.3 Å². The van der Waals surface area contributed by atoms with Crippen LogP contribution in [0.3, 0.4) is 0 Å². The van der Waals surface area contributed by atoms with Gasteiger partial charge in [0.25, 0.3) is 5.91 Å². The lowest BCUT2D eigenvalue weighted by molar-refractivity contribution is -0.133. The number of aromatic nitrogens is 1. The summed E-state index contributed by atoms with van der Waals surface area (Å²) < 4.78 is 12.6. The van der Waals surface area contributed by atoms with Gasteiger partial charge in [0.2, 0.25) is 5.91 Å². The number of carbonyl (C=O) groups excluding carboxylic acids is 2. The van der Waals surface area contributed by atoms with Crippen LogP contribution in [-0.4, -0.2) is 53.5 Å². The molecule has 34 heavy (non-hydrogen) atoms. The highest BCUT2D eigenvalue weighted by Gasteiger charge is 2.23. The first-order valence-corrected chi connectivity index (χ1v) is 11.4. The monoisotopic (exact) mass is 463 g/mol. The molecular formula is C27H33N3O4. The highest BCUT2D eigenvalue weighted by Crippen LogP contribution is 2.24. The number of hydrogen-bond donors (Lipinski definition) is 0. The van der Waals surface area contributed by atoms with Crippen molar-refractivity contribution in [2.75, 3.05) is 27.3 Å². The minimum atomic E-state index is -0.231. The molecule has 0 aliphatic carbocycles. The molecule has 180 valence electrons. The second-order valence-electron chi connectivity index (χ2n) is 8.17. The van der Waals surface area contributed by atoms with E-state index >= 15 is 0 Å². The molecule has 7 nitrogen and oxygen atoms in total. The predicted molar refractivity (Wildman–Crippen MR) is 132 cm³/mol. The SMILES string of the molecule is CCCN(CC(=O)N(Cc1ccccc1)Cc1cccn1C)C(=O)c1cc(OC)cc(OC)c1. The molecular weight excluding hydrogens is 430 g/mol. The summed E-state index contributed by atoms with van der Waals surface area (Å²) >= 11 is 0. The number of aryl methyl sites for hydroxylation is 1. The summed E-state index contributed by atoms with van der Waals surface area (Å²) in [6.45, 7) is 3.36. The normalized spacial score (nSPS) is 10.6. The van der Waals surface area contributed by atoms with Crippen LogP contribution in [0, 0.1) is 0 Å². The third-order valence-electron chi connectivity index (χ3n) is 5.68. The third kappa shape index (κ3) is 6.41. The molecule has 0 aliphatic heterocycles. The van der Waals surface area contributed by atoms with Crippen LogP contribution in [0.5, 0.6) is 11.5 Å². The minimum absolute atomic E-state index is 0.0105. The molecule has 0 N–H and O–H groups in total. The van der Waals surface area contributed by atoms with Gasteiger partial charge in [-0.05, 0) is 36.2 Å². The van der Waals surface area contributed by atoms with Gasteiger partial charge in [-0.15, -0.1) is 0 Å². The summed E-state index contributed by atoms with van der Waals surface area (Å²) in [5.74, 6) is 0.715. The number of benzene rings is 2. The molecule has 0 saturated heterocycles. The average Bonchev–Trinajstić information content (AvgIpc) is 3.27. The molecule has 2 amide bonds. The summed E-state index contributed by atoms with van der Waals surface area (Å²) in [5.41, 5.74) is 2.49. The average molecular weight is 464 g/mol. The zero-order valence-electron chi connectivity index (χ0n) is 20.4. The van der Waals surface area contributed by atoms with E-state index in [1.807, 2.05) is 67.2 Å². The number of hydrogen-bond acceptors (Lipinski definition) is 4. The lowest BCUT2D eigenvalue weighted by atomic mass is 10.1. The topological polar surface area (TPSA) is 64.0 Å². The van der Waals surface area contributed by atoms with E-state index in [4.69, 9.17) is 9.47 Å². The van der Waals surface area contributed by atoms with E-state index < -0.39 is 0 Å². The Balaban J connectivity index is 1.84. The first-order valence-electron chi connectivity index (χ1n) is 11.4. The van der Waals surface area contributed by atoms with E-state index in [1.165, 1.54) is 0 Å². The highest BCUT2D eigenvalue weighted by atomic mass is 16.5. The van der Waals surface area contributed by atoms with Crippen molar-refractivity contribution in [2.24, 2.45) is 7.05 Å². The molecule has 0 bridgehead atoms. The molecule has 1 aromatic heterocycles. The fraction of sp³-hybridized carbons (Fsp3) is 0.333. The van der Waals surface area contributed by atoms with Gasteiger partial charge in [-0.25, -0.2) is 0 Å². The minimum Gasteiger partial charge on any atom is -0.497 e. The van der Waals surface area contributed by atoms with E-state index in [9.17, 15) is 9.59 Å². The Morgan fingerprint density at radius 3 is 2.12 bits per heavy atom. The van der Waals surface area contributed by atoms with E-state index in [0.29, 0.717) is 36.7 Å². The molecule has 2 aromatic carbocycles. The fourth-order valence-corrected chi connectivity index (χ4v) is 3.79. The Kier molecular flexibility index (Phi) is 8.73. The maximum atomic E-state index is 13.5. The Bertz CT molecular complexity index is 1070. The smallest absolute Gasteiger partial charge is 0.254 e. The predicted octanol–water partition coefficient (Wildman–Crippen LogP) is 4.12. The van der Waals surface area contributed by atoms with Crippen LogP contribution in [0.2, 0.25) is 0 Å². The van der Waals surface area contributed by atoms with E-state index in [1.54, 1.807) is 42.2 Å². The molecule has 0 aliphatic rings. The van der Waals surface area contributed by atoms with Crippen LogP contribution in [0.25, 0.3) is 0 Å². The molecule has 1 heterocycles. The van der Waals surface area contributed by atoms with Crippen molar-refractivity contribution in [1.82, 2.24) is 14.4 Å². The largest absolute Gasteiger partial charge is 0.497 e. The Labute approximate surface area is 201 Å². The Hall–Kier alpha value is -3.74. The zero-order chi connectivity index (χ0) is 24.5. The Morgan fingerprint density at radius 1 is 0.882 bits per heavy atom. The molecule has 3 aromatic rings. The standard InChI is InChI=1S/C27H33N3O4/c1-5-13-29(27(32)22-15-24(33-3)17-25(16-22)34-4)20-26(31)30(18-21-10-7-6-8-11-21)19-23-12-9-14-28(23)2/h6-12,14-17H,5,13,18-20H2,1-4H3. The quantitative estimate of drug-likeness (QED) is 0.429. The summed E-state index contributed by atoms with van der Waals surface area (Å²) in [6.07, 6.45) is 2.69. The third-order valence-corrected chi connectivity index (χ3v) is 5.68. The van der Waals surface area contributed by atoms with Crippen LogP contribution < -0.4 is 9.47 Å². The lowest BCUT2D eigenvalue weighted by Gasteiger charge is -2.28. The first-order chi connectivity index (χ1) is 16.4. The van der Waals surface area contributed by atoms with Gasteiger partial charge in [-0.3, -0.25) is 9.59 Å². The summed E-state index contributed by atoms with van der Waals surface area (Å²) in [6, 6.07) is 18.9. The number of nitrogens with zero attached hydrogens (tertiary/aromatic N) is 3. The maximum Gasteiger partial charge on any atom is 0.254 e. The van der Waals surface area contributed by atoms with Gasteiger partial charge in [0, 0.05) is 43.7 Å². The van der Waals surface area contributed by atoms with Gasteiger partial charge in [0.15, 0.2) is 0 Å². The maximum absolute atomic E-state index is 13.5. The summed E-state index contributed by atoms with van der Waals surface area (Å²) in [5, 5.41) is 0. The van der Waals surface area contributed by atoms with Crippen molar-refractivity contribution in [3.05, 3.63) is 83.7 Å². The molecule has 0 radical (unpaired) electrons. The Morgan fingerprint density at radius 2 is 1.56 bits per heavy atom. The lowest BCUT2D eigenvalue weighted by Crippen LogP contribution is -2.43. The van der Waals surface area contributed by atoms with E-state index in [0.717, 1.165) is 17.7 Å². The van der Waals surface area contributed by atoms with Crippen LogP contribution in [0.1, 0.15) is 35.0 Å². The molecule has 0 atom stereocenters. The number of rotatable bonds is 11. The van der Waals surface area contributed by atoms with Crippen molar-refractivity contribution in [3.63, 3.8) is 0 Å². The fourth-order valence-electron chi connectivity index (χ4n) is 3.79. The highest BCUT2D eigenvalue weighted by molar-refractivity contribution is 5.97. The molecule has 0 saturated carbocycles. The van der Waals surface area contributed by atoms with Crippen LogP contribution in [0.4, 0.5) is 0 Å².